The van der Waals surface area contributed by atoms with Gasteiger partial charge in [0.2, 0.25) is 11.8 Å². The Bertz CT molecular complexity index is 363. The highest BCUT2D eigenvalue weighted by atomic mass is 32.1. The molecule has 0 fully saturated rings. The summed E-state index contributed by atoms with van der Waals surface area (Å²) in [7, 11) is 0. The Hall–Kier alpha value is -1.36. The van der Waals surface area contributed by atoms with Gasteiger partial charge in [-0.1, -0.05) is 13.3 Å². The van der Waals surface area contributed by atoms with Crippen LogP contribution in [0.15, 0.2) is 16.8 Å². The van der Waals surface area contributed by atoms with Crippen molar-refractivity contribution in [1.29, 1.82) is 0 Å². The lowest BCUT2D eigenvalue weighted by Gasteiger charge is -2.20. The summed E-state index contributed by atoms with van der Waals surface area (Å²) in [5.41, 5.74) is 6.14. The van der Waals surface area contributed by atoms with E-state index in [0.29, 0.717) is 13.0 Å². The lowest BCUT2D eigenvalue weighted by molar-refractivity contribution is -0.134. The Morgan fingerprint density at radius 3 is 2.76 bits per heavy atom. The fraction of sp³-hybridized carbons (Fsp3) is 0.500. The van der Waals surface area contributed by atoms with Gasteiger partial charge >= 0.3 is 0 Å². The van der Waals surface area contributed by atoms with Crippen LogP contribution in [0.5, 0.6) is 0 Å². The summed E-state index contributed by atoms with van der Waals surface area (Å²) >= 11 is 1.56. The third-order valence-corrected chi connectivity index (χ3v) is 3.15. The van der Waals surface area contributed by atoms with Crippen LogP contribution in [0.2, 0.25) is 0 Å². The molecule has 1 heterocycles. The smallest absolute Gasteiger partial charge is 0.237 e. The summed E-state index contributed by atoms with van der Waals surface area (Å²) in [6.07, 6.45) is 2.23. The average molecular weight is 254 g/mol. The molecule has 0 aromatic carbocycles. The number of amides is 2. The highest BCUT2D eigenvalue weighted by Crippen LogP contribution is 2.08. The number of nitrogens with two attached hydrogens (primary N) is 1. The van der Waals surface area contributed by atoms with E-state index in [1.165, 1.54) is 0 Å². The van der Waals surface area contributed by atoms with Gasteiger partial charge in [-0.15, -0.1) is 0 Å². The molecule has 0 spiro atoms. The number of hydrogen-bond donors (Lipinski definition) is 1. The van der Waals surface area contributed by atoms with Crippen molar-refractivity contribution in [1.82, 2.24) is 4.90 Å². The minimum Gasteiger partial charge on any atom is -0.368 e. The quantitative estimate of drug-likeness (QED) is 0.799. The molecule has 0 atom stereocenters. The minimum atomic E-state index is -0.459. The molecule has 5 heteroatoms. The van der Waals surface area contributed by atoms with Crippen molar-refractivity contribution < 1.29 is 9.59 Å². The van der Waals surface area contributed by atoms with Gasteiger partial charge in [-0.25, -0.2) is 0 Å². The van der Waals surface area contributed by atoms with E-state index >= 15 is 0 Å². The van der Waals surface area contributed by atoms with Crippen molar-refractivity contribution in [2.24, 2.45) is 5.73 Å². The molecule has 1 aromatic heterocycles. The molecule has 17 heavy (non-hydrogen) atoms. The van der Waals surface area contributed by atoms with Gasteiger partial charge in [-0.3, -0.25) is 9.59 Å². The SMILES string of the molecule is CCCCN(CC(N)=O)C(=O)Cc1ccsc1. The summed E-state index contributed by atoms with van der Waals surface area (Å²) in [5, 5.41) is 3.88. The van der Waals surface area contributed by atoms with E-state index in [1.54, 1.807) is 16.2 Å². The van der Waals surface area contributed by atoms with E-state index in [4.69, 9.17) is 5.73 Å². The topological polar surface area (TPSA) is 63.4 Å². The van der Waals surface area contributed by atoms with Crippen LogP contribution in [0.4, 0.5) is 0 Å². The highest BCUT2D eigenvalue weighted by Gasteiger charge is 2.15. The number of carbonyl (C=O) groups is 2. The van der Waals surface area contributed by atoms with E-state index in [2.05, 4.69) is 0 Å². The van der Waals surface area contributed by atoms with Crippen molar-refractivity contribution in [3.05, 3.63) is 22.4 Å². The number of unbranched alkanes of at least 4 members (excludes halogenated alkanes) is 1. The molecule has 0 radical (unpaired) electrons. The molecule has 0 bridgehead atoms. The van der Waals surface area contributed by atoms with Gasteiger partial charge in [-0.05, 0) is 28.8 Å². The largest absolute Gasteiger partial charge is 0.368 e. The van der Waals surface area contributed by atoms with Gasteiger partial charge < -0.3 is 10.6 Å². The third-order valence-electron chi connectivity index (χ3n) is 2.42. The molecule has 2 amide bonds. The fourth-order valence-electron chi connectivity index (χ4n) is 1.51. The lowest BCUT2D eigenvalue weighted by Crippen LogP contribution is -2.39. The maximum absolute atomic E-state index is 12.0. The molecule has 0 aliphatic rings. The van der Waals surface area contributed by atoms with Crippen LogP contribution in [-0.2, 0) is 16.0 Å². The Balaban J connectivity index is 2.55. The molecular weight excluding hydrogens is 236 g/mol. The van der Waals surface area contributed by atoms with Gasteiger partial charge in [-0.2, -0.15) is 11.3 Å². The van der Waals surface area contributed by atoms with Crippen LogP contribution in [0, 0.1) is 0 Å². The molecule has 0 aliphatic heterocycles. The molecule has 0 unspecified atom stereocenters. The molecule has 0 aliphatic carbocycles. The first kappa shape index (κ1) is 13.7. The van der Waals surface area contributed by atoms with Crippen LogP contribution in [0.25, 0.3) is 0 Å². The zero-order chi connectivity index (χ0) is 12.7. The predicted molar refractivity (Wildman–Crippen MR) is 68.7 cm³/mol. The fourth-order valence-corrected chi connectivity index (χ4v) is 2.18. The summed E-state index contributed by atoms with van der Waals surface area (Å²) < 4.78 is 0. The zero-order valence-electron chi connectivity index (χ0n) is 10.0. The van der Waals surface area contributed by atoms with Crippen molar-refractivity contribution in [2.75, 3.05) is 13.1 Å². The monoisotopic (exact) mass is 254 g/mol. The maximum atomic E-state index is 12.0. The third kappa shape index (κ3) is 4.99. The lowest BCUT2D eigenvalue weighted by atomic mass is 10.2. The molecule has 1 aromatic rings. The van der Waals surface area contributed by atoms with Crippen LogP contribution in [-0.4, -0.2) is 29.8 Å². The average Bonchev–Trinajstić information content (AvgIpc) is 2.76. The van der Waals surface area contributed by atoms with Crippen LogP contribution in [0.3, 0.4) is 0 Å². The summed E-state index contributed by atoms with van der Waals surface area (Å²) in [6, 6.07) is 1.92. The summed E-state index contributed by atoms with van der Waals surface area (Å²) in [5.74, 6) is -0.490. The van der Waals surface area contributed by atoms with Crippen molar-refractivity contribution in [2.45, 2.75) is 26.2 Å². The van der Waals surface area contributed by atoms with Gasteiger partial charge in [0, 0.05) is 6.54 Å². The summed E-state index contributed by atoms with van der Waals surface area (Å²) in [4.78, 5) is 24.4. The van der Waals surface area contributed by atoms with Gasteiger partial charge in [0.15, 0.2) is 0 Å². The van der Waals surface area contributed by atoms with Gasteiger partial charge in [0.25, 0.3) is 0 Å². The van der Waals surface area contributed by atoms with Gasteiger partial charge in [0.05, 0.1) is 13.0 Å². The summed E-state index contributed by atoms with van der Waals surface area (Å²) in [6.45, 7) is 2.66. The molecule has 94 valence electrons. The van der Waals surface area contributed by atoms with Crippen LogP contribution < -0.4 is 5.73 Å². The van der Waals surface area contributed by atoms with Crippen LogP contribution in [0.1, 0.15) is 25.3 Å². The standard InChI is InChI=1S/C12H18N2O2S/c1-2-3-5-14(8-11(13)15)12(16)7-10-4-6-17-9-10/h4,6,9H,2-3,5,7-8H2,1H3,(H2,13,15). The van der Waals surface area contributed by atoms with E-state index in [0.717, 1.165) is 18.4 Å². The van der Waals surface area contributed by atoms with Crippen molar-refractivity contribution >= 4 is 23.2 Å². The van der Waals surface area contributed by atoms with E-state index < -0.39 is 5.91 Å². The molecule has 0 saturated carbocycles. The van der Waals surface area contributed by atoms with E-state index in [1.807, 2.05) is 23.8 Å². The Kier molecular flexibility index (Phi) is 5.69. The maximum Gasteiger partial charge on any atom is 0.237 e. The second-order valence-electron chi connectivity index (χ2n) is 3.94. The predicted octanol–water partition coefficient (Wildman–Crippen LogP) is 1.40. The number of rotatable bonds is 7. The Morgan fingerprint density at radius 1 is 1.47 bits per heavy atom. The van der Waals surface area contributed by atoms with Crippen molar-refractivity contribution in [3.8, 4) is 0 Å². The minimum absolute atomic E-state index is 0.0168. The molecule has 2 N–H and O–H groups in total. The number of thiophene rings is 1. The number of hydrogen-bond acceptors (Lipinski definition) is 3. The Morgan fingerprint density at radius 2 is 2.24 bits per heavy atom. The molecule has 0 saturated heterocycles. The second-order valence-corrected chi connectivity index (χ2v) is 4.72. The molecule has 4 nitrogen and oxygen atoms in total. The number of primary amides is 1. The number of carbonyl (C=O) groups excluding carboxylic acids is 2. The first-order valence-electron chi connectivity index (χ1n) is 5.70. The zero-order valence-corrected chi connectivity index (χ0v) is 10.8. The molecular formula is C12H18N2O2S. The highest BCUT2D eigenvalue weighted by molar-refractivity contribution is 7.07. The van der Waals surface area contributed by atoms with Crippen LogP contribution >= 0.6 is 11.3 Å². The second kappa shape index (κ2) is 7.06. The van der Waals surface area contributed by atoms with E-state index in [-0.39, 0.29) is 12.5 Å². The number of nitrogens with zero attached hydrogens (tertiary/aromatic N) is 1. The normalized spacial score (nSPS) is 10.2. The van der Waals surface area contributed by atoms with E-state index in [9.17, 15) is 9.59 Å². The first-order valence-corrected chi connectivity index (χ1v) is 6.65. The Labute approximate surface area is 105 Å². The first-order chi connectivity index (χ1) is 8.13. The van der Waals surface area contributed by atoms with Crippen molar-refractivity contribution in [3.63, 3.8) is 0 Å². The van der Waals surface area contributed by atoms with Gasteiger partial charge in [0.1, 0.15) is 0 Å². The molecule has 1 rings (SSSR count).